The second-order valence-electron chi connectivity index (χ2n) is 4.81. The highest BCUT2D eigenvalue weighted by Crippen LogP contribution is 2.12. The van der Waals surface area contributed by atoms with Gasteiger partial charge >= 0.3 is 0 Å². The van der Waals surface area contributed by atoms with Gasteiger partial charge < -0.3 is 5.32 Å². The van der Waals surface area contributed by atoms with E-state index >= 15 is 0 Å². The predicted molar refractivity (Wildman–Crippen MR) is 78.8 cm³/mol. The van der Waals surface area contributed by atoms with Gasteiger partial charge in [-0.1, -0.05) is 25.5 Å². The van der Waals surface area contributed by atoms with Gasteiger partial charge in [-0.3, -0.25) is 0 Å². The van der Waals surface area contributed by atoms with Gasteiger partial charge in [0, 0.05) is 6.04 Å². The van der Waals surface area contributed by atoms with Gasteiger partial charge in [0.2, 0.25) is 10.0 Å². The largest absolute Gasteiger partial charge is 0.319 e. The summed E-state index contributed by atoms with van der Waals surface area (Å²) in [4.78, 5) is 0.337. The van der Waals surface area contributed by atoms with Crippen LogP contribution in [0.15, 0.2) is 29.2 Å². The van der Waals surface area contributed by atoms with Gasteiger partial charge in [-0.05, 0) is 51.1 Å². The van der Waals surface area contributed by atoms with Crippen molar-refractivity contribution in [2.75, 3.05) is 13.6 Å². The van der Waals surface area contributed by atoms with Crippen LogP contribution >= 0.6 is 0 Å². The second-order valence-corrected chi connectivity index (χ2v) is 6.52. The first-order valence-electron chi connectivity index (χ1n) is 6.75. The minimum atomic E-state index is -3.38. The highest BCUT2D eigenvalue weighted by atomic mass is 32.2. The molecule has 1 rings (SSSR count). The van der Waals surface area contributed by atoms with E-state index in [1.54, 1.807) is 12.1 Å². The Morgan fingerprint density at radius 3 is 2.37 bits per heavy atom. The molecule has 4 nitrogen and oxygen atoms in total. The summed E-state index contributed by atoms with van der Waals surface area (Å²) < 4.78 is 26.9. The molecule has 0 aliphatic carbocycles. The summed E-state index contributed by atoms with van der Waals surface area (Å²) in [7, 11) is -1.48. The molecular weight excluding hydrogens is 260 g/mol. The molecule has 0 aliphatic heterocycles. The summed E-state index contributed by atoms with van der Waals surface area (Å²) in [5.74, 6) is 0. The molecule has 1 aromatic carbocycles. The number of hydrogen-bond donors (Lipinski definition) is 2. The molecule has 2 N–H and O–H groups in total. The van der Waals surface area contributed by atoms with Crippen molar-refractivity contribution in [1.29, 1.82) is 0 Å². The van der Waals surface area contributed by atoms with Gasteiger partial charge in [-0.15, -0.1) is 0 Å². The van der Waals surface area contributed by atoms with E-state index in [1.807, 2.05) is 33.0 Å². The molecule has 1 aromatic rings. The maximum atomic E-state index is 12.1. The Hall–Kier alpha value is -0.910. The molecule has 0 saturated carbocycles. The number of sulfonamides is 1. The average molecular weight is 284 g/mol. The minimum Gasteiger partial charge on any atom is -0.319 e. The molecule has 5 heteroatoms. The third-order valence-corrected chi connectivity index (χ3v) is 4.58. The Morgan fingerprint density at radius 1 is 1.21 bits per heavy atom. The number of benzene rings is 1. The van der Waals surface area contributed by atoms with Crippen molar-refractivity contribution in [3.05, 3.63) is 29.8 Å². The monoisotopic (exact) mass is 284 g/mol. The van der Waals surface area contributed by atoms with Gasteiger partial charge in [-0.25, -0.2) is 13.1 Å². The number of rotatable bonds is 8. The van der Waals surface area contributed by atoms with Gasteiger partial charge in [0.15, 0.2) is 0 Å². The van der Waals surface area contributed by atoms with E-state index in [0.717, 1.165) is 31.4 Å². The third kappa shape index (κ3) is 5.30. The van der Waals surface area contributed by atoms with Crippen LogP contribution in [-0.2, 0) is 16.4 Å². The summed E-state index contributed by atoms with van der Waals surface area (Å²) in [5, 5.41) is 3.07. The van der Waals surface area contributed by atoms with Crippen LogP contribution in [0, 0.1) is 0 Å². The van der Waals surface area contributed by atoms with Crippen LogP contribution in [-0.4, -0.2) is 28.1 Å². The van der Waals surface area contributed by atoms with Crippen molar-refractivity contribution in [2.45, 2.75) is 44.0 Å². The normalized spacial score (nSPS) is 13.4. The topological polar surface area (TPSA) is 58.2 Å². The summed E-state index contributed by atoms with van der Waals surface area (Å²) in [6.07, 6.45) is 2.71. The first kappa shape index (κ1) is 16.1. The van der Waals surface area contributed by atoms with E-state index in [0.29, 0.717) is 4.90 Å². The van der Waals surface area contributed by atoms with Crippen LogP contribution in [0.25, 0.3) is 0 Å². The minimum absolute atomic E-state index is 0.0287. The van der Waals surface area contributed by atoms with Crippen molar-refractivity contribution in [3.8, 4) is 0 Å². The molecule has 0 aromatic heterocycles. The average Bonchev–Trinajstić information content (AvgIpc) is 2.36. The van der Waals surface area contributed by atoms with Crippen molar-refractivity contribution in [3.63, 3.8) is 0 Å². The lowest BCUT2D eigenvalue weighted by molar-refractivity contribution is 0.544. The van der Waals surface area contributed by atoms with E-state index in [2.05, 4.69) is 10.0 Å². The van der Waals surface area contributed by atoms with Gasteiger partial charge in [0.05, 0.1) is 4.90 Å². The smallest absolute Gasteiger partial charge is 0.240 e. The van der Waals surface area contributed by atoms with E-state index in [4.69, 9.17) is 0 Å². The van der Waals surface area contributed by atoms with Crippen LogP contribution in [0.5, 0.6) is 0 Å². The SMILES string of the molecule is CCCC(C)NS(=O)(=O)c1ccc(CCNC)cc1. The van der Waals surface area contributed by atoms with Gasteiger partial charge in [0.1, 0.15) is 0 Å². The molecule has 19 heavy (non-hydrogen) atoms. The van der Waals surface area contributed by atoms with E-state index in [1.165, 1.54) is 0 Å². The first-order chi connectivity index (χ1) is 8.99. The second kappa shape index (κ2) is 7.62. The van der Waals surface area contributed by atoms with Crippen molar-refractivity contribution in [1.82, 2.24) is 10.0 Å². The molecule has 0 radical (unpaired) electrons. The first-order valence-corrected chi connectivity index (χ1v) is 8.23. The zero-order valence-electron chi connectivity index (χ0n) is 11.9. The van der Waals surface area contributed by atoms with Crippen LogP contribution in [0.3, 0.4) is 0 Å². The zero-order chi connectivity index (χ0) is 14.3. The summed E-state index contributed by atoms with van der Waals surface area (Å²) in [6, 6.07) is 7.06. The van der Waals surface area contributed by atoms with E-state index in [9.17, 15) is 8.42 Å². The van der Waals surface area contributed by atoms with Crippen LogP contribution in [0.4, 0.5) is 0 Å². The Balaban J connectivity index is 2.73. The molecule has 0 heterocycles. The highest BCUT2D eigenvalue weighted by molar-refractivity contribution is 7.89. The Morgan fingerprint density at radius 2 is 1.84 bits per heavy atom. The summed E-state index contributed by atoms with van der Waals surface area (Å²) in [6.45, 7) is 4.82. The molecule has 0 spiro atoms. The quantitative estimate of drug-likeness (QED) is 0.767. The van der Waals surface area contributed by atoms with Crippen molar-refractivity contribution < 1.29 is 8.42 Å². The van der Waals surface area contributed by atoms with Gasteiger partial charge in [0.25, 0.3) is 0 Å². The fourth-order valence-corrected chi connectivity index (χ4v) is 3.21. The Bertz CT molecular complexity index is 469. The van der Waals surface area contributed by atoms with E-state index in [-0.39, 0.29) is 6.04 Å². The lowest BCUT2D eigenvalue weighted by atomic mass is 10.1. The Labute approximate surface area is 116 Å². The molecule has 0 amide bonds. The van der Waals surface area contributed by atoms with E-state index < -0.39 is 10.0 Å². The molecule has 0 saturated heterocycles. The standard InChI is InChI=1S/C14H24N2O2S/c1-4-5-12(2)16-19(17,18)14-8-6-13(7-9-14)10-11-15-3/h6-9,12,15-16H,4-5,10-11H2,1-3H3. The maximum Gasteiger partial charge on any atom is 0.240 e. The lowest BCUT2D eigenvalue weighted by Crippen LogP contribution is -2.32. The molecular formula is C14H24N2O2S. The number of hydrogen-bond acceptors (Lipinski definition) is 3. The molecule has 1 unspecified atom stereocenters. The number of nitrogens with one attached hydrogen (secondary N) is 2. The zero-order valence-corrected chi connectivity index (χ0v) is 12.8. The molecule has 0 fully saturated rings. The van der Waals surface area contributed by atoms with Crippen molar-refractivity contribution in [2.24, 2.45) is 0 Å². The maximum absolute atomic E-state index is 12.1. The molecule has 0 bridgehead atoms. The third-order valence-electron chi connectivity index (χ3n) is 2.98. The Kier molecular flexibility index (Phi) is 6.48. The van der Waals surface area contributed by atoms with Gasteiger partial charge in [-0.2, -0.15) is 0 Å². The predicted octanol–water partition coefficient (Wildman–Crippen LogP) is 1.92. The molecule has 0 aliphatic rings. The van der Waals surface area contributed by atoms with Crippen LogP contribution in [0.1, 0.15) is 32.3 Å². The summed E-state index contributed by atoms with van der Waals surface area (Å²) in [5.41, 5.74) is 1.13. The lowest BCUT2D eigenvalue weighted by Gasteiger charge is -2.13. The molecule has 108 valence electrons. The van der Waals surface area contributed by atoms with Crippen molar-refractivity contribution >= 4 is 10.0 Å². The molecule has 1 atom stereocenters. The fraction of sp³-hybridized carbons (Fsp3) is 0.571. The fourth-order valence-electron chi connectivity index (χ4n) is 1.93. The summed E-state index contributed by atoms with van der Waals surface area (Å²) >= 11 is 0. The van der Waals surface area contributed by atoms with Crippen LogP contribution in [0.2, 0.25) is 0 Å². The van der Waals surface area contributed by atoms with Crippen LogP contribution < -0.4 is 10.0 Å². The number of likely N-dealkylation sites (N-methyl/N-ethyl adjacent to an activating group) is 1. The highest BCUT2D eigenvalue weighted by Gasteiger charge is 2.16.